The van der Waals surface area contributed by atoms with Gasteiger partial charge < -0.3 is 15.5 Å². The molecular formula is C19H19NO2. The standard InChI is InChI=1S/C19H19NO2/c1-11-5-8-17-16(9-11)13-3-2-4-14(13)19(20-17)15-7-6-12(21)10-18(15)22/h2-3,5-10,13-14,19-22H,4H2,1H3. The van der Waals surface area contributed by atoms with Crippen molar-refractivity contribution in [3.63, 3.8) is 0 Å². The number of allylic oxidation sites excluding steroid dienone is 2. The first kappa shape index (κ1) is 13.3. The van der Waals surface area contributed by atoms with Crippen LogP contribution < -0.4 is 5.32 Å². The highest BCUT2D eigenvalue weighted by Gasteiger charge is 2.38. The summed E-state index contributed by atoms with van der Waals surface area (Å²) in [4.78, 5) is 0. The van der Waals surface area contributed by atoms with Gasteiger partial charge in [-0.1, -0.05) is 29.8 Å². The van der Waals surface area contributed by atoms with Crippen molar-refractivity contribution in [2.45, 2.75) is 25.3 Å². The summed E-state index contributed by atoms with van der Waals surface area (Å²) >= 11 is 0. The fourth-order valence-electron chi connectivity index (χ4n) is 3.82. The summed E-state index contributed by atoms with van der Waals surface area (Å²) in [5, 5.41) is 23.3. The number of phenolic OH excluding ortho intramolecular Hbond substituents is 2. The number of rotatable bonds is 1. The Morgan fingerprint density at radius 1 is 1.05 bits per heavy atom. The smallest absolute Gasteiger partial charge is 0.124 e. The van der Waals surface area contributed by atoms with Gasteiger partial charge in [0.15, 0.2) is 0 Å². The topological polar surface area (TPSA) is 52.5 Å². The largest absolute Gasteiger partial charge is 0.508 e. The van der Waals surface area contributed by atoms with Gasteiger partial charge in [-0.3, -0.25) is 0 Å². The van der Waals surface area contributed by atoms with Gasteiger partial charge in [0, 0.05) is 23.2 Å². The van der Waals surface area contributed by atoms with Gasteiger partial charge in [-0.05, 0) is 43.0 Å². The zero-order valence-corrected chi connectivity index (χ0v) is 12.5. The van der Waals surface area contributed by atoms with Gasteiger partial charge in [-0.15, -0.1) is 0 Å². The molecule has 0 saturated carbocycles. The number of nitrogens with one attached hydrogen (secondary N) is 1. The molecule has 3 unspecified atom stereocenters. The van der Waals surface area contributed by atoms with E-state index in [9.17, 15) is 10.2 Å². The van der Waals surface area contributed by atoms with E-state index in [1.54, 1.807) is 6.07 Å². The first-order valence-electron chi connectivity index (χ1n) is 7.69. The molecule has 2 aliphatic rings. The summed E-state index contributed by atoms with van der Waals surface area (Å²) in [6.45, 7) is 2.12. The fraction of sp³-hybridized carbons (Fsp3) is 0.263. The number of anilines is 1. The number of hydrogen-bond donors (Lipinski definition) is 3. The molecule has 0 bridgehead atoms. The Hall–Kier alpha value is -2.42. The van der Waals surface area contributed by atoms with Crippen LogP contribution in [0.25, 0.3) is 0 Å². The molecule has 0 amide bonds. The number of phenols is 2. The van der Waals surface area contributed by atoms with E-state index in [4.69, 9.17) is 0 Å². The first-order valence-corrected chi connectivity index (χ1v) is 7.69. The average Bonchev–Trinajstić information content (AvgIpc) is 2.97. The zero-order valence-electron chi connectivity index (χ0n) is 12.5. The van der Waals surface area contributed by atoms with Gasteiger partial charge >= 0.3 is 0 Å². The maximum absolute atomic E-state index is 10.2. The average molecular weight is 293 g/mol. The zero-order chi connectivity index (χ0) is 15.3. The van der Waals surface area contributed by atoms with Crippen LogP contribution in [0.15, 0.2) is 48.6 Å². The van der Waals surface area contributed by atoms with Crippen molar-refractivity contribution in [1.29, 1.82) is 0 Å². The van der Waals surface area contributed by atoms with Crippen LogP contribution in [-0.4, -0.2) is 10.2 Å². The summed E-state index contributed by atoms with van der Waals surface area (Å²) in [5.74, 6) is 1.02. The number of fused-ring (bicyclic) bond motifs is 3. The lowest BCUT2D eigenvalue weighted by atomic mass is 9.76. The van der Waals surface area contributed by atoms with Crippen LogP contribution in [-0.2, 0) is 0 Å². The van der Waals surface area contributed by atoms with Gasteiger partial charge in [0.25, 0.3) is 0 Å². The number of aryl methyl sites for hydroxylation is 1. The molecule has 112 valence electrons. The lowest BCUT2D eigenvalue weighted by Crippen LogP contribution is -2.29. The minimum absolute atomic E-state index is 0.0517. The van der Waals surface area contributed by atoms with Crippen molar-refractivity contribution in [2.24, 2.45) is 5.92 Å². The molecule has 3 N–H and O–H groups in total. The Morgan fingerprint density at radius 2 is 1.91 bits per heavy atom. The molecule has 3 nitrogen and oxygen atoms in total. The Morgan fingerprint density at radius 3 is 2.73 bits per heavy atom. The molecule has 22 heavy (non-hydrogen) atoms. The molecule has 0 saturated heterocycles. The second kappa shape index (κ2) is 4.80. The van der Waals surface area contributed by atoms with Gasteiger partial charge in [-0.25, -0.2) is 0 Å². The predicted octanol–water partition coefficient (Wildman–Crippen LogP) is 4.23. The van der Waals surface area contributed by atoms with Crippen LogP contribution in [0.2, 0.25) is 0 Å². The van der Waals surface area contributed by atoms with E-state index >= 15 is 0 Å². The van der Waals surface area contributed by atoms with Crippen LogP contribution in [0.3, 0.4) is 0 Å². The van der Waals surface area contributed by atoms with Crippen molar-refractivity contribution < 1.29 is 10.2 Å². The van der Waals surface area contributed by atoms with Gasteiger partial charge in [0.2, 0.25) is 0 Å². The summed E-state index contributed by atoms with van der Waals surface area (Å²) in [6, 6.07) is 11.4. The molecule has 0 aromatic heterocycles. The second-order valence-corrected chi connectivity index (χ2v) is 6.31. The molecular weight excluding hydrogens is 274 g/mol. The van der Waals surface area contributed by atoms with Gasteiger partial charge in [-0.2, -0.15) is 0 Å². The van der Waals surface area contributed by atoms with Crippen molar-refractivity contribution in [3.05, 3.63) is 65.2 Å². The van der Waals surface area contributed by atoms with Gasteiger partial charge in [0.05, 0.1) is 6.04 Å². The van der Waals surface area contributed by atoms with Crippen LogP contribution in [0, 0.1) is 12.8 Å². The summed E-state index contributed by atoms with van der Waals surface area (Å²) in [6.07, 6.45) is 5.52. The highest BCUT2D eigenvalue weighted by atomic mass is 16.3. The summed E-state index contributed by atoms with van der Waals surface area (Å²) < 4.78 is 0. The third-order valence-corrected chi connectivity index (χ3v) is 4.87. The molecule has 0 radical (unpaired) electrons. The lowest BCUT2D eigenvalue weighted by molar-refractivity contribution is 0.398. The van der Waals surface area contributed by atoms with Crippen LogP contribution in [0.5, 0.6) is 11.5 Å². The Balaban J connectivity index is 1.81. The summed E-state index contributed by atoms with van der Waals surface area (Å²) in [7, 11) is 0. The number of hydrogen-bond acceptors (Lipinski definition) is 3. The quantitative estimate of drug-likeness (QED) is 0.690. The molecule has 3 atom stereocenters. The predicted molar refractivity (Wildman–Crippen MR) is 87.3 cm³/mol. The minimum Gasteiger partial charge on any atom is -0.508 e. The fourth-order valence-corrected chi connectivity index (χ4v) is 3.82. The third kappa shape index (κ3) is 1.97. The van der Waals surface area contributed by atoms with Crippen LogP contribution in [0.1, 0.15) is 35.1 Å². The van der Waals surface area contributed by atoms with E-state index in [0.29, 0.717) is 11.8 Å². The first-order chi connectivity index (χ1) is 10.6. The molecule has 2 aromatic rings. The molecule has 4 rings (SSSR count). The molecule has 2 aromatic carbocycles. The summed E-state index contributed by atoms with van der Waals surface area (Å²) in [5.41, 5.74) is 4.59. The molecule has 0 spiro atoms. The normalized spacial score (nSPS) is 25.4. The van der Waals surface area contributed by atoms with Crippen molar-refractivity contribution in [2.75, 3.05) is 5.32 Å². The molecule has 3 heteroatoms. The van der Waals surface area contributed by atoms with Crippen molar-refractivity contribution in [1.82, 2.24) is 0 Å². The van der Waals surface area contributed by atoms with E-state index in [2.05, 4.69) is 42.6 Å². The monoisotopic (exact) mass is 293 g/mol. The van der Waals surface area contributed by atoms with Crippen LogP contribution in [0.4, 0.5) is 5.69 Å². The van der Waals surface area contributed by atoms with E-state index in [0.717, 1.165) is 17.7 Å². The Kier molecular flexibility index (Phi) is 2.89. The van der Waals surface area contributed by atoms with E-state index in [-0.39, 0.29) is 17.5 Å². The third-order valence-electron chi connectivity index (χ3n) is 4.87. The van der Waals surface area contributed by atoms with Crippen LogP contribution >= 0.6 is 0 Å². The maximum Gasteiger partial charge on any atom is 0.124 e. The Labute approximate surface area is 129 Å². The molecule has 0 fully saturated rings. The highest BCUT2D eigenvalue weighted by molar-refractivity contribution is 5.61. The highest BCUT2D eigenvalue weighted by Crippen LogP contribution is 2.51. The van der Waals surface area contributed by atoms with Crippen molar-refractivity contribution >= 4 is 5.69 Å². The van der Waals surface area contributed by atoms with E-state index in [1.807, 2.05) is 6.07 Å². The SMILES string of the molecule is Cc1ccc2c(c1)C1C=CCC1C(c1ccc(O)cc1O)N2. The lowest BCUT2D eigenvalue weighted by Gasteiger charge is -2.37. The van der Waals surface area contributed by atoms with E-state index < -0.39 is 0 Å². The molecule has 1 aliphatic heterocycles. The number of benzene rings is 2. The minimum atomic E-state index is 0.0517. The van der Waals surface area contributed by atoms with Gasteiger partial charge in [0.1, 0.15) is 11.5 Å². The molecule has 1 aliphatic carbocycles. The number of aromatic hydroxyl groups is 2. The van der Waals surface area contributed by atoms with Crippen molar-refractivity contribution in [3.8, 4) is 11.5 Å². The second-order valence-electron chi connectivity index (χ2n) is 6.31. The Bertz CT molecular complexity index is 766. The molecule has 1 heterocycles. The van der Waals surface area contributed by atoms with E-state index in [1.165, 1.54) is 17.2 Å². The maximum atomic E-state index is 10.2.